The van der Waals surface area contributed by atoms with Crippen molar-refractivity contribution in [1.82, 2.24) is 0 Å². The van der Waals surface area contributed by atoms with Gasteiger partial charge in [0.05, 0.1) is 0 Å². The Balaban J connectivity index is 2.15. The van der Waals surface area contributed by atoms with E-state index in [-0.39, 0.29) is 0 Å². The van der Waals surface area contributed by atoms with Crippen molar-refractivity contribution in [3.05, 3.63) is 54.1 Å². The first kappa shape index (κ1) is 19.7. The minimum absolute atomic E-state index is 0.806. The minimum atomic E-state index is 0.806. The molecule has 0 spiro atoms. The maximum absolute atomic E-state index is 5.87. The largest absolute Gasteiger partial charge is 0.381 e. The molecule has 0 saturated carbocycles. The number of nitrogens with zero attached hydrogens (tertiary/aromatic N) is 1. The first-order chi connectivity index (χ1) is 12.3. The molecule has 0 aromatic heterocycles. The van der Waals surface area contributed by atoms with Gasteiger partial charge < -0.3 is 10.2 Å². The van der Waals surface area contributed by atoms with Crippen LogP contribution in [0.5, 0.6) is 0 Å². The van der Waals surface area contributed by atoms with Gasteiger partial charge >= 0.3 is 0 Å². The van der Waals surface area contributed by atoms with Gasteiger partial charge in [0.2, 0.25) is 0 Å². The molecule has 2 aromatic rings. The van der Waals surface area contributed by atoms with E-state index in [9.17, 15) is 0 Å². The zero-order valence-electron chi connectivity index (χ0n) is 15.5. The number of benzene rings is 2. The number of hydrogen-bond acceptors (Lipinski definition) is 4. The zero-order chi connectivity index (χ0) is 17.9. The van der Waals surface area contributed by atoms with Gasteiger partial charge in [-0.05, 0) is 60.7 Å². The van der Waals surface area contributed by atoms with Gasteiger partial charge in [0.1, 0.15) is 0 Å². The quantitative estimate of drug-likeness (QED) is 0.508. The van der Waals surface area contributed by atoms with Crippen LogP contribution >= 0.6 is 11.9 Å². The smallest absolute Gasteiger partial charge is 0.0401 e. The fraction of sp³-hybridized carbons (Fsp3) is 0.429. The Morgan fingerprint density at radius 3 is 2.24 bits per heavy atom. The molecule has 0 heterocycles. The van der Waals surface area contributed by atoms with E-state index in [1.165, 1.54) is 48.9 Å². The van der Waals surface area contributed by atoms with Crippen LogP contribution in [0, 0.1) is 0 Å². The van der Waals surface area contributed by atoms with Gasteiger partial charge in [0.15, 0.2) is 0 Å². The van der Waals surface area contributed by atoms with Crippen LogP contribution in [0.4, 0.5) is 11.4 Å². The van der Waals surface area contributed by atoms with Crippen LogP contribution in [0.25, 0.3) is 0 Å². The van der Waals surface area contributed by atoms with Gasteiger partial charge in [-0.2, -0.15) is 0 Å². The molecule has 3 N–H and O–H groups in total. The Bertz CT molecular complexity index is 608. The topological polar surface area (TPSA) is 41.3 Å². The van der Waals surface area contributed by atoms with Crippen molar-refractivity contribution in [2.75, 3.05) is 23.3 Å². The van der Waals surface area contributed by atoms with E-state index in [4.69, 9.17) is 5.14 Å². The Morgan fingerprint density at radius 2 is 1.64 bits per heavy atom. The summed E-state index contributed by atoms with van der Waals surface area (Å²) in [5, 5.41) is 9.37. The molecule has 0 bridgehead atoms. The maximum Gasteiger partial charge on any atom is 0.0401 e. The normalized spacial score (nSPS) is 10.7. The third-order valence-electron chi connectivity index (χ3n) is 4.29. The van der Waals surface area contributed by atoms with Crippen LogP contribution in [-0.4, -0.2) is 13.1 Å². The summed E-state index contributed by atoms with van der Waals surface area (Å²) < 4.78 is 0. The van der Waals surface area contributed by atoms with E-state index < -0.39 is 0 Å². The SMILES string of the molecule is CCCCN(CCCC)c1cc(CNc2ccccc2)cc(SN)c1. The maximum atomic E-state index is 5.87. The Kier molecular flexibility index (Phi) is 8.70. The van der Waals surface area contributed by atoms with Crippen LogP contribution in [0.1, 0.15) is 45.1 Å². The summed E-state index contributed by atoms with van der Waals surface area (Å²) in [6, 6.07) is 17.0. The highest BCUT2D eigenvalue weighted by Crippen LogP contribution is 2.25. The number of unbranched alkanes of at least 4 members (excludes halogenated alkanes) is 2. The third-order valence-corrected chi connectivity index (χ3v) is 4.79. The minimum Gasteiger partial charge on any atom is -0.381 e. The highest BCUT2D eigenvalue weighted by molar-refractivity contribution is 7.97. The molecule has 25 heavy (non-hydrogen) atoms. The van der Waals surface area contributed by atoms with E-state index >= 15 is 0 Å². The van der Waals surface area contributed by atoms with Crippen LogP contribution in [0.15, 0.2) is 53.4 Å². The number of rotatable bonds is 11. The second-order valence-electron chi connectivity index (χ2n) is 6.37. The summed E-state index contributed by atoms with van der Waals surface area (Å²) in [4.78, 5) is 3.64. The van der Waals surface area contributed by atoms with Gasteiger partial charge in [-0.15, -0.1) is 0 Å². The van der Waals surface area contributed by atoms with Gasteiger partial charge in [-0.1, -0.05) is 44.9 Å². The molecule has 0 atom stereocenters. The van der Waals surface area contributed by atoms with Crippen molar-refractivity contribution in [3.8, 4) is 0 Å². The highest BCUT2D eigenvalue weighted by atomic mass is 32.2. The van der Waals surface area contributed by atoms with Crippen molar-refractivity contribution >= 4 is 23.3 Å². The summed E-state index contributed by atoms with van der Waals surface area (Å²) in [6.07, 6.45) is 4.88. The van der Waals surface area contributed by atoms with Crippen molar-refractivity contribution in [2.24, 2.45) is 5.14 Å². The van der Waals surface area contributed by atoms with Crippen LogP contribution in [0.3, 0.4) is 0 Å². The predicted octanol–water partition coefficient (Wildman–Crippen LogP) is 5.67. The van der Waals surface area contributed by atoms with Crippen LogP contribution < -0.4 is 15.4 Å². The zero-order valence-corrected chi connectivity index (χ0v) is 16.3. The van der Waals surface area contributed by atoms with Crippen molar-refractivity contribution in [3.63, 3.8) is 0 Å². The van der Waals surface area contributed by atoms with E-state index in [2.05, 4.69) is 66.5 Å². The van der Waals surface area contributed by atoms with Crippen molar-refractivity contribution in [1.29, 1.82) is 0 Å². The molecule has 0 aliphatic rings. The summed E-state index contributed by atoms with van der Waals surface area (Å²) in [5.74, 6) is 0. The molecule has 0 unspecified atom stereocenters. The number of nitrogens with two attached hydrogens (primary N) is 1. The molecule has 0 aliphatic heterocycles. The fourth-order valence-corrected chi connectivity index (χ4v) is 3.23. The van der Waals surface area contributed by atoms with E-state index in [0.29, 0.717) is 0 Å². The molecule has 136 valence electrons. The average molecular weight is 358 g/mol. The molecule has 2 aromatic carbocycles. The summed E-state index contributed by atoms with van der Waals surface area (Å²) >= 11 is 1.33. The average Bonchev–Trinajstić information content (AvgIpc) is 2.67. The molecule has 0 radical (unpaired) electrons. The first-order valence-electron chi connectivity index (χ1n) is 9.31. The fourth-order valence-electron chi connectivity index (χ4n) is 2.82. The Labute approximate surface area is 157 Å². The van der Waals surface area contributed by atoms with Gasteiger partial charge in [-0.3, -0.25) is 5.14 Å². The highest BCUT2D eigenvalue weighted by Gasteiger charge is 2.09. The monoisotopic (exact) mass is 357 g/mol. The third kappa shape index (κ3) is 6.63. The summed E-state index contributed by atoms with van der Waals surface area (Å²) in [6.45, 7) is 7.53. The lowest BCUT2D eigenvalue weighted by Crippen LogP contribution is -2.25. The van der Waals surface area contributed by atoms with Gasteiger partial charge in [0.25, 0.3) is 0 Å². The first-order valence-corrected chi connectivity index (χ1v) is 10.2. The number of anilines is 2. The summed E-state index contributed by atoms with van der Waals surface area (Å²) in [7, 11) is 0. The molecule has 0 saturated heterocycles. The van der Waals surface area contributed by atoms with E-state index in [1.54, 1.807) is 0 Å². The molecule has 0 aliphatic carbocycles. The Morgan fingerprint density at radius 1 is 0.960 bits per heavy atom. The van der Waals surface area contributed by atoms with Gasteiger partial charge in [-0.25, -0.2) is 0 Å². The predicted molar refractivity (Wildman–Crippen MR) is 112 cm³/mol. The lowest BCUT2D eigenvalue weighted by Gasteiger charge is -2.26. The van der Waals surface area contributed by atoms with Crippen molar-refractivity contribution in [2.45, 2.75) is 51.0 Å². The standard InChI is InChI=1S/C21H31N3S/c1-3-5-12-24(13-6-4-2)20-14-18(15-21(16-20)25-22)17-23-19-10-8-7-9-11-19/h7-11,14-16,23H,3-6,12-13,17,22H2,1-2H3. The van der Waals surface area contributed by atoms with E-state index in [0.717, 1.165) is 30.2 Å². The molecule has 2 rings (SSSR count). The molecular weight excluding hydrogens is 326 g/mol. The summed E-state index contributed by atoms with van der Waals surface area (Å²) in [5.41, 5.74) is 3.71. The van der Waals surface area contributed by atoms with Crippen LogP contribution in [0.2, 0.25) is 0 Å². The number of nitrogens with one attached hydrogen (secondary N) is 1. The lowest BCUT2D eigenvalue weighted by atomic mass is 10.1. The number of hydrogen-bond donors (Lipinski definition) is 2. The van der Waals surface area contributed by atoms with Crippen molar-refractivity contribution < 1.29 is 0 Å². The van der Waals surface area contributed by atoms with Crippen LogP contribution in [-0.2, 0) is 6.54 Å². The molecule has 0 fully saturated rings. The Hall–Kier alpha value is -1.65. The van der Waals surface area contributed by atoms with Gasteiger partial charge in [0, 0.05) is 35.9 Å². The lowest BCUT2D eigenvalue weighted by molar-refractivity contribution is 0.677. The number of para-hydroxylation sites is 1. The second kappa shape index (κ2) is 11.1. The molecule has 0 amide bonds. The molecule has 3 nitrogen and oxygen atoms in total. The molecular formula is C21H31N3S. The molecule has 4 heteroatoms. The van der Waals surface area contributed by atoms with E-state index in [1.807, 2.05) is 6.07 Å². The second-order valence-corrected chi connectivity index (χ2v) is 7.07.